The van der Waals surface area contributed by atoms with Gasteiger partial charge in [0, 0.05) is 30.8 Å². The normalized spacial score (nSPS) is 21.0. The molecule has 1 aromatic carbocycles. The minimum absolute atomic E-state index is 0.0381. The van der Waals surface area contributed by atoms with Gasteiger partial charge in [-0.05, 0) is 56.7 Å². The first-order valence-corrected chi connectivity index (χ1v) is 14.2. The fourth-order valence-electron chi connectivity index (χ4n) is 4.55. The van der Waals surface area contributed by atoms with Gasteiger partial charge in [-0.15, -0.1) is 0 Å². The molecule has 33 heavy (non-hydrogen) atoms. The molecule has 10 heteroatoms. The van der Waals surface area contributed by atoms with E-state index in [9.17, 15) is 22.8 Å². The summed E-state index contributed by atoms with van der Waals surface area (Å²) in [5.74, 6) is 0.814. The number of unbranched alkanes of at least 4 members (excludes halogenated alkanes) is 1. The quantitative estimate of drug-likeness (QED) is 0.525. The zero-order valence-electron chi connectivity index (χ0n) is 19.5. The molecule has 1 amide bonds. The maximum Gasteiger partial charge on any atom is 0.291 e. The minimum atomic E-state index is -4.20. The van der Waals surface area contributed by atoms with E-state index in [1.165, 1.54) is 35.5 Å². The van der Waals surface area contributed by atoms with Crippen molar-refractivity contribution in [3.63, 3.8) is 0 Å². The summed E-state index contributed by atoms with van der Waals surface area (Å²) in [5.41, 5.74) is -0.103. The number of hydrogen-bond donors (Lipinski definition) is 1. The Bertz CT molecular complexity index is 986. The van der Waals surface area contributed by atoms with Crippen LogP contribution in [0.25, 0.3) is 0 Å². The first kappa shape index (κ1) is 25.9. The van der Waals surface area contributed by atoms with Crippen molar-refractivity contribution >= 4 is 38.6 Å². The number of ketones is 1. The molecule has 2 heterocycles. The smallest absolute Gasteiger partial charge is 0.291 e. The van der Waals surface area contributed by atoms with Crippen LogP contribution in [0.4, 0.5) is 0 Å². The number of Topliss-reactive ketones (excluding diaryl/α,β-unsaturated/α-hetero) is 1. The van der Waals surface area contributed by atoms with Crippen LogP contribution in [0.2, 0.25) is 0 Å². The Balaban J connectivity index is 1.73. The van der Waals surface area contributed by atoms with E-state index in [2.05, 4.69) is 12.2 Å². The highest BCUT2D eigenvalue weighted by molar-refractivity contribution is 8.04. The summed E-state index contributed by atoms with van der Waals surface area (Å²) in [6.45, 7) is 4.46. The lowest BCUT2D eigenvalue weighted by Gasteiger charge is -2.44. The van der Waals surface area contributed by atoms with Crippen LogP contribution >= 0.6 is 11.8 Å². The van der Waals surface area contributed by atoms with Gasteiger partial charge in [0.1, 0.15) is 0 Å². The number of carbonyl (C=O) groups is 3. The highest BCUT2D eigenvalue weighted by atomic mass is 32.2. The highest BCUT2D eigenvalue weighted by Crippen LogP contribution is 2.35. The third-order valence-corrected chi connectivity index (χ3v) is 8.91. The number of hydrogen-bond acceptors (Lipinski definition) is 7. The van der Waals surface area contributed by atoms with Crippen LogP contribution in [0.3, 0.4) is 0 Å². The number of rotatable bonds is 9. The Hall–Kier alpha value is -1.75. The Morgan fingerprint density at radius 2 is 1.76 bits per heavy atom. The van der Waals surface area contributed by atoms with Crippen molar-refractivity contribution in [2.24, 2.45) is 0 Å². The first-order chi connectivity index (χ1) is 15.7. The SMILES string of the molecule is CCCCN1C(=O)C(CCSC)NC12CCN(S(=O)(=O)C(=O)c1ccc(C(C)=O)cc1)CC2. The Labute approximate surface area is 200 Å². The van der Waals surface area contributed by atoms with Gasteiger partial charge in [-0.1, -0.05) is 25.5 Å². The average Bonchev–Trinajstić information content (AvgIpc) is 3.06. The lowest BCUT2D eigenvalue weighted by atomic mass is 9.97. The molecule has 1 N–H and O–H groups in total. The fraction of sp³-hybridized carbons (Fsp3) is 0.609. The minimum Gasteiger partial charge on any atom is -0.323 e. The molecule has 2 aliphatic heterocycles. The predicted octanol–water partition coefficient (Wildman–Crippen LogP) is 2.50. The first-order valence-electron chi connectivity index (χ1n) is 11.4. The summed E-state index contributed by atoms with van der Waals surface area (Å²) in [6, 6.07) is 5.43. The van der Waals surface area contributed by atoms with Gasteiger partial charge in [-0.3, -0.25) is 19.7 Å². The van der Waals surface area contributed by atoms with E-state index in [0.717, 1.165) is 25.0 Å². The molecular formula is C23H33N3O5S2. The van der Waals surface area contributed by atoms with Gasteiger partial charge in [-0.25, -0.2) is 8.42 Å². The summed E-state index contributed by atoms with van der Waals surface area (Å²) < 4.78 is 27.3. The van der Waals surface area contributed by atoms with Crippen molar-refractivity contribution in [3.8, 4) is 0 Å². The van der Waals surface area contributed by atoms with Gasteiger partial charge < -0.3 is 4.90 Å². The maximum atomic E-state index is 13.1. The summed E-state index contributed by atoms with van der Waals surface area (Å²) in [6.07, 6.45) is 5.48. The molecule has 0 aliphatic carbocycles. The number of nitrogens with zero attached hydrogens (tertiary/aromatic N) is 2. The highest BCUT2D eigenvalue weighted by Gasteiger charge is 2.52. The van der Waals surface area contributed by atoms with Crippen LogP contribution < -0.4 is 5.32 Å². The predicted molar refractivity (Wildman–Crippen MR) is 130 cm³/mol. The second-order valence-corrected chi connectivity index (χ2v) is 11.5. The summed E-state index contributed by atoms with van der Waals surface area (Å²) in [5, 5.41) is 2.56. The monoisotopic (exact) mass is 495 g/mol. The van der Waals surface area contributed by atoms with Crippen molar-refractivity contribution < 1.29 is 22.8 Å². The molecule has 1 atom stereocenters. The fourth-order valence-corrected chi connectivity index (χ4v) is 6.36. The molecule has 0 radical (unpaired) electrons. The zero-order chi connectivity index (χ0) is 24.2. The van der Waals surface area contributed by atoms with E-state index in [4.69, 9.17) is 0 Å². The number of sulfonamides is 1. The second kappa shape index (κ2) is 10.7. The molecule has 0 saturated carbocycles. The second-order valence-electron chi connectivity index (χ2n) is 8.68. The van der Waals surface area contributed by atoms with Gasteiger partial charge in [0.05, 0.1) is 11.7 Å². The number of nitrogens with one attached hydrogen (secondary N) is 1. The van der Waals surface area contributed by atoms with Crippen molar-refractivity contribution in [1.82, 2.24) is 14.5 Å². The molecular weight excluding hydrogens is 462 g/mol. The van der Waals surface area contributed by atoms with Crippen LogP contribution in [-0.4, -0.2) is 77.8 Å². The van der Waals surface area contributed by atoms with E-state index in [-0.39, 0.29) is 36.4 Å². The molecule has 0 bridgehead atoms. The molecule has 8 nitrogen and oxygen atoms in total. The Morgan fingerprint density at radius 3 is 2.30 bits per heavy atom. The lowest BCUT2D eigenvalue weighted by molar-refractivity contribution is -0.133. The van der Waals surface area contributed by atoms with Crippen molar-refractivity contribution in [3.05, 3.63) is 35.4 Å². The third-order valence-electron chi connectivity index (χ3n) is 6.52. The zero-order valence-corrected chi connectivity index (χ0v) is 21.1. The van der Waals surface area contributed by atoms with Crippen molar-refractivity contribution in [2.45, 2.75) is 57.7 Å². The van der Waals surface area contributed by atoms with Gasteiger partial charge >= 0.3 is 0 Å². The third kappa shape index (κ3) is 5.34. The van der Waals surface area contributed by atoms with Crippen LogP contribution in [0, 0.1) is 0 Å². The molecule has 2 saturated heterocycles. The Morgan fingerprint density at radius 1 is 1.15 bits per heavy atom. The molecule has 2 aliphatic rings. The molecule has 0 aromatic heterocycles. The molecule has 182 valence electrons. The number of thioether (sulfide) groups is 1. The molecule has 1 spiro atoms. The lowest BCUT2D eigenvalue weighted by Crippen LogP contribution is -2.60. The van der Waals surface area contributed by atoms with Gasteiger partial charge in [0.2, 0.25) is 5.91 Å². The van der Waals surface area contributed by atoms with Crippen molar-refractivity contribution in [1.29, 1.82) is 0 Å². The average molecular weight is 496 g/mol. The van der Waals surface area contributed by atoms with E-state index in [0.29, 0.717) is 24.9 Å². The van der Waals surface area contributed by atoms with Gasteiger partial charge in [0.15, 0.2) is 5.78 Å². The standard InChI is InChI=1S/C23H33N3O5S2/c1-4-5-13-26-21(28)20(10-16-32-3)24-23(26)11-14-25(15-12-23)33(30,31)22(29)19-8-6-18(7-9-19)17(2)27/h6-9,20,24H,4-5,10-16H2,1-3H3. The van der Waals surface area contributed by atoms with E-state index in [1.807, 2.05) is 11.2 Å². The van der Waals surface area contributed by atoms with Crippen LogP contribution in [0.1, 0.15) is 66.7 Å². The van der Waals surface area contributed by atoms with Crippen LogP contribution in [0.15, 0.2) is 24.3 Å². The van der Waals surface area contributed by atoms with Crippen molar-refractivity contribution in [2.75, 3.05) is 31.6 Å². The van der Waals surface area contributed by atoms with Gasteiger partial charge in [-0.2, -0.15) is 16.1 Å². The number of amides is 1. The Kier molecular flexibility index (Phi) is 8.36. The molecule has 3 rings (SSSR count). The topological polar surface area (TPSA) is 104 Å². The molecule has 2 fully saturated rings. The van der Waals surface area contributed by atoms with E-state index >= 15 is 0 Å². The maximum absolute atomic E-state index is 13.1. The number of piperidine rings is 1. The largest absolute Gasteiger partial charge is 0.323 e. The van der Waals surface area contributed by atoms with E-state index in [1.54, 1.807) is 11.8 Å². The van der Waals surface area contributed by atoms with E-state index < -0.39 is 20.8 Å². The van der Waals surface area contributed by atoms with Crippen LogP contribution in [0.5, 0.6) is 0 Å². The molecule has 1 aromatic rings. The summed E-state index contributed by atoms with van der Waals surface area (Å²) in [7, 11) is -4.20. The van der Waals surface area contributed by atoms with Crippen LogP contribution in [-0.2, 0) is 14.8 Å². The summed E-state index contributed by atoms with van der Waals surface area (Å²) >= 11 is 1.70. The number of benzene rings is 1. The number of carbonyl (C=O) groups excluding carboxylic acids is 3. The molecule has 1 unspecified atom stereocenters. The van der Waals surface area contributed by atoms with Gasteiger partial charge in [0.25, 0.3) is 15.1 Å². The summed E-state index contributed by atoms with van der Waals surface area (Å²) in [4.78, 5) is 39.2.